The highest BCUT2D eigenvalue weighted by atomic mass is 16.1. The normalized spacial score (nSPS) is 10.4. The van der Waals surface area contributed by atoms with E-state index in [2.05, 4.69) is 23.3 Å². The lowest BCUT2D eigenvalue weighted by Gasteiger charge is -1.86. The SMILES string of the molecule is C=CN=C(CC=O)N=C. The van der Waals surface area contributed by atoms with Gasteiger partial charge in [-0.2, -0.15) is 0 Å². The van der Waals surface area contributed by atoms with Gasteiger partial charge in [-0.1, -0.05) is 6.58 Å². The molecule has 0 saturated heterocycles. The van der Waals surface area contributed by atoms with Crippen LogP contribution < -0.4 is 0 Å². The molecule has 0 heterocycles. The van der Waals surface area contributed by atoms with Gasteiger partial charge in [0.2, 0.25) is 0 Å². The zero-order valence-corrected chi connectivity index (χ0v) is 5.08. The Balaban J connectivity index is 3.95. The van der Waals surface area contributed by atoms with Crippen LogP contribution in [0.3, 0.4) is 0 Å². The minimum Gasteiger partial charge on any atom is -0.303 e. The van der Waals surface area contributed by atoms with Crippen LogP contribution in [-0.2, 0) is 4.79 Å². The Hall–Kier alpha value is -1.25. The second kappa shape index (κ2) is 4.90. The molecule has 0 N–H and O–H groups in total. The predicted molar refractivity (Wildman–Crippen MR) is 37.9 cm³/mol. The van der Waals surface area contributed by atoms with Crippen LogP contribution in [0.15, 0.2) is 22.8 Å². The highest BCUT2D eigenvalue weighted by Gasteiger charge is 1.88. The first-order valence-corrected chi connectivity index (χ1v) is 2.43. The molecule has 0 aliphatic carbocycles. The molecule has 0 aromatic carbocycles. The van der Waals surface area contributed by atoms with E-state index in [9.17, 15) is 4.79 Å². The van der Waals surface area contributed by atoms with Gasteiger partial charge in [-0.25, -0.2) is 9.98 Å². The smallest absolute Gasteiger partial charge is 0.134 e. The summed E-state index contributed by atoms with van der Waals surface area (Å²) in [5.74, 6) is 0.403. The quantitative estimate of drug-likeness (QED) is 0.312. The molecule has 0 bridgehead atoms. The molecule has 0 radical (unpaired) electrons. The first kappa shape index (κ1) is 7.75. The summed E-state index contributed by atoms with van der Waals surface area (Å²) in [6.07, 6.45) is 2.25. The largest absolute Gasteiger partial charge is 0.303 e. The van der Waals surface area contributed by atoms with Gasteiger partial charge in [-0.3, -0.25) is 0 Å². The van der Waals surface area contributed by atoms with Crippen LogP contribution in [0.1, 0.15) is 6.42 Å². The number of nitrogens with zero attached hydrogens (tertiary/aromatic N) is 2. The standard InChI is InChI=1S/C6H8N2O/c1-3-8-6(7-2)4-5-9/h3,5H,1-2,4H2. The minimum atomic E-state index is 0.204. The third-order valence-corrected chi connectivity index (χ3v) is 0.689. The van der Waals surface area contributed by atoms with Crippen molar-refractivity contribution in [1.82, 2.24) is 0 Å². The van der Waals surface area contributed by atoms with Crippen molar-refractivity contribution in [3.63, 3.8) is 0 Å². The van der Waals surface area contributed by atoms with Crippen molar-refractivity contribution in [1.29, 1.82) is 0 Å². The zero-order valence-electron chi connectivity index (χ0n) is 5.08. The summed E-state index contributed by atoms with van der Waals surface area (Å²) in [4.78, 5) is 17.0. The summed E-state index contributed by atoms with van der Waals surface area (Å²) in [5.41, 5.74) is 0. The molecular weight excluding hydrogens is 116 g/mol. The Kier molecular flexibility index (Phi) is 4.22. The van der Waals surface area contributed by atoms with E-state index < -0.39 is 0 Å². The molecule has 0 rings (SSSR count). The van der Waals surface area contributed by atoms with E-state index in [1.54, 1.807) is 0 Å². The fourth-order valence-electron chi connectivity index (χ4n) is 0.338. The molecule has 0 amide bonds. The highest BCUT2D eigenvalue weighted by Crippen LogP contribution is 1.84. The number of hydrogen-bond donors (Lipinski definition) is 0. The zero-order chi connectivity index (χ0) is 7.11. The summed E-state index contributed by atoms with van der Waals surface area (Å²) in [5, 5.41) is 0. The number of aldehydes is 1. The van der Waals surface area contributed by atoms with E-state index in [-0.39, 0.29) is 6.42 Å². The number of aliphatic imine (C=N–C) groups is 2. The fourth-order valence-corrected chi connectivity index (χ4v) is 0.338. The van der Waals surface area contributed by atoms with Crippen molar-refractivity contribution >= 4 is 18.8 Å². The van der Waals surface area contributed by atoms with Gasteiger partial charge in [0, 0.05) is 6.20 Å². The molecule has 0 aromatic rings. The second-order valence-corrected chi connectivity index (χ2v) is 1.26. The van der Waals surface area contributed by atoms with Gasteiger partial charge in [-0.15, -0.1) is 0 Å². The molecule has 0 unspecified atom stereocenters. The molecule has 3 nitrogen and oxygen atoms in total. The van der Waals surface area contributed by atoms with Crippen molar-refractivity contribution in [3.05, 3.63) is 12.8 Å². The monoisotopic (exact) mass is 124 g/mol. The summed E-state index contributed by atoms with van der Waals surface area (Å²) in [7, 11) is 0. The molecule has 0 aromatic heterocycles. The average molecular weight is 124 g/mol. The summed E-state index contributed by atoms with van der Waals surface area (Å²) >= 11 is 0. The fraction of sp³-hybridized carbons (Fsp3) is 0.167. The third-order valence-electron chi connectivity index (χ3n) is 0.689. The van der Waals surface area contributed by atoms with E-state index in [0.29, 0.717) is 5.84 Å². The minimum absolute atomic E-state index is 0.204. The van der Waals surface area contributed by atoms with Crippen molar-refractivity contribution in [3.8, 4) is 0 Å². The highest BCUT2D eigenvalue weighted by molar-refractivity contribution is 5.95. The van der Waals surface area contributed by atoms with Gasteiger partial charge in [0.25, 0.3) is 0 Å². The van der Waals surface area contributed by atoms with Crippen LogP contribution in [0.2, 0.25) is 0 Å². The maximum Gasteiger partial charge on any atom is 0.134 e. The molecule has 0 saturated carbocycles. The number of amidine groups is 1. The van der Waals surface area contributed by atoms with E-state index in [4.69, 9.17) is 0 Å². The van der Waals surface area contributed by atoms with E-state index in [0.717, 1.165) is 6.29 Å². The van der Waals surface area contributed by atoms with Crippen LogP contribution in [0.5, 0.6) is 0 Å². The number of carbonyl (C=O) groups excluding carboxylic acids is 1. The van der Waals surface area contributed by atoms with Crippen molar-refractivity contribution in [2.24, 2.45) is 9.98 Å². The Morgan fingerprint density at radius 1 is 1.67 bits per heavy atom. The van der Waals surface area contributed by atoms with Crippen LogP contribution in [0, 0.1) is 0 Å². The number of hydrogen-bond acceptors (Lipinski definition) is 2. The van der Waals surface area contributed by atoms with Gasteiger partial charge < -0.3 is 4.79 Å². The number of rotatable bonds is 3. The van der Waals surface area contributed by atoms with E-state index in [1.165, 1.54) is 6.20 Å². The molecule has 0 aliphatic heterocycles. The lowest BCUT2D eigenvalue weighted by Crippen LogP contribution is -1.91. The average Bonchev–Trinajstić information content (AvgIpc) is 1.88. The van der Waals surface area contributed by atoms with Crippen LogP contribution in [0.4, 0.5) is 0 Å². The van der Waals surface area contributed by atoms with Crippen molar-refractivity contribution < 1.29 is 4.79 Å². The van der Waals surface area contributed by atoms with Gasteiger partial charge in [0.05, 0.1) is 6.42 Å². The third kappa shape index (κ3) is 3.34. The van der Waals surface area contributed by atoms with Crippen LogP contribution >= 0.6 is 0 Å². The van der Waals surface area contributed by atoms with Crippen LogP contribution in [0.25, 0.3) is 0 Å². The Morgan fingerprint density at radius 3 is 2.67 bits per heavy atom. The topological polar surface area (TPSA) is 41.8 Å². The summed E-state index contributed by atoms with van der Waals surface area (Å²) in [6, 6.07) is 0. The molecule has 0 fully saturated rings. The molecular formula is C6H8N2O. The molecule has 0 atom stereocenters. The second-order valence-electron chi connectivity index (χ2n) is 1.26. The van der Waals surface area contributed by atoms with Gasteiger partial charge in [0.1, 0.15) is 12.1 Å². The van der Waals surface area contributed by atoms with Crippen molar-refractivity contribution in [2.75, 3.05) is 0 Å². The summed E-state index contributed by atoms with van der Waals surface area (Å²) < 4.78 is 0. The molecule has 0 spiro atoms. The maximum absolute atomic E-state index is 9.85. The lowest BCUT2D eigenvalue weighted by atomic mass is 10.4. The van der Waals surface area contributed by atoms with Gasteiger partial charge in [-0.05, 0) is 6.72 Å². The first-order valence-electron chi connectivity index (χ1n) is 2.43. The van der Waals surface area contributed by atoms with Gasteiger partial charge >= 0.3 is 0 Å². The lowest BCUT2D eigenvalue weighted by molar-refractivity contribution is -0.106. The van der Waals surface area contributed by atoms with E-state index >= 15 is 0 Å². The molecule has 0 aliphatic rings. The molecule has 9 heavy (non-hydrogen) atoms. The van der Waals surface area contributed by atoms with Gasteiger partial charge in [0.15, 0.2) is 0 Å². The Morgan fingerprint density at radius 2 is 2.33 bits per heavy atom. The Labute approximate surface area is 53.8 Å². The van der Waals surface area contributed by atoms with Crippen molar-refractivity contribution in [2.45, 2.75) is 6.42 Å². The molecule has 48 valence electrons. The Bertz CT molecular complexity index is 149. The first-order chi connectivity index (χ1) is 4.35. The predicted octanol–water partition coefficient (Wildman–Crippen LogP) is 0.818. The maximum atomic E-state index is 9.85. The number of carbonyl (C=O) groups is 1. The summed E-state index contributed by atoms with van der Waals surface area (Å²) in [6.45, 7) is 6.55. The van der Waals surface area contributed by atoms with Crippen LogP contribution in [-0.4, -0.2) is 18.8 Å². The molecule has 3 heteroatoms. The van der Waals surface area contributed by atoms with E-state index in [1.807, 2.05) is 0 Å².